The highest BCUT2D eigenvalue weighted by atomic mass is 32.1. The van der Waals surface area contributed by atoms with Gasteiger partial charge in [0.05, 0.1) is 18.3 Å². The third-order valence-corrected chi connectivity index (χ3v) is 5.50. The van der Waals surface area contributed by atoms with E-state index in [1.165, 1.54) is 22.7 Å². The molecule has 1 aromatic carbocycles. The number of nitrogens with one attached hydrogen (secondary N) is 1. The molecule has 3 rings (SSSR count). The number of amides is 1. The van der Waals surface area contributed by atoms with Crippen LogP contribution in [0.15, 0.2) is 29.1 Å². The monoisotopic (exact) mass is 418 g/mol. The highest BCUT2D eigenvalue weighted by Crippen LogP contribution is 2.29. The fourth-order valence-electron chi connectivity index (χ4n) is 2.49. The maximum atomic E-state index is 12.5. The number of methoxy groups -OCH3 is 1. The molecule has 2 heterocycles. The molecule has 148 valence electrons. The molecule has 0 aliphatic heterocycles. The van der Waals surface area contributed by atoms with E-state index in [0.717, 1.165) is 36.4 Å². The molecule has 9 heteroatoms. The lowest BCUT2D eigenvalue weighted by atomic mass is 10.2. The molecule has 28 heavy (non-hydrogen) atoms. The van der Waals surface area contributed by atoms with E-state index < -0.39 is 0 Å². The van der Waals surface area contributed by atoms with Gasteiger partial charge in [-0.05, 0) is 24.6 Å². The van der Waals surface area contributed by atoms with Gasteiger partial charge in [-0.25, -0.2) is 4.98 Å². The van der Waals surface area contributed by atoms with Gasteiger partial charge in [0.25, 0.3) is 5.91 Å². The van der Waals surface area contributed by atoms with Gasteiger partial charge in [-0.1, -0.05) is 31.1 Å². The number of benzene rings is 1. The zero-order chi connectivity index (χ0) is 19.8. The molecule has 2 aromatic heterocycles. The number of hydrogen-bond acceptors (Lipinski definition) is 8. The number of nitrogens with zero attached hydrogens (tertiary/aromatic N) is 3. The summed E-state index contributed by atoms with van der Waals surface area (Å²) in [7, 11) is 1.54. The average molecular weight is 419 g/mol. The van der Waals surface area contributed by atoms with Crippen LogP contribution in [0, 0.1) is 0 Å². The van der Waals surface area contributed by atoms with Gasteiger partial charge in [0.1, 0.15) is 11.6 Å². The molecule has 0 saturated carbocycles. The lowest BCUT2D eigenvalue weighted by molar-refractivity contribution is 0.102. The van der Waals surface area contributed by atoms with Gasteiger partial charge >= 0.3 is 0 Å². The number of thiazole rings is 1. The molecule has 1 amide bonds. The van der Waals surface area contributed by atoms with Gasteiger partial charge in [-0.15, -0.1) is 21.5 Å². The number of unbranched alkanes of at least 4 members (excludes halogenated alkanes) is 2. The van der Waals surface area contributed by atoms with Crippen molar-refractivity contribution >= 4 is 33.7 Å². The molecular formula is C19H22N4O3S2. The summed E-state index contributed by atoms with van der Waals surface area (Å²) in [5.74, 6) is 0.780. The van der Waals surface area contributed by atoms with Crippen molar-refractivity contribution < 1.29 is 14.3 Å². The van der Waals surface area contributed by atoms with E-state index in [2.05, 4.69) is 27.4 Å². The second-order valence-electron chi connectivity index (χ2n) is 6.05. The van der Waals surface area contributed by atoms with Crippen molar-refractivity contribution in [2.45, 2.75) is 39.2 Å². The molecule has 0 atom stereocenters. The normalized spacial score (nSPS) is 10.6. The maximum absolute atomic E-state index is 12.5. The van der Waals surface area contributed by atoms with Crippen LogP contribution in [-0.2, 0) is 13.0 Å². The van der Waals surface area contributed by atoms with Crippen molar-refractivity contribution in [2.75, 3.05) is 12.4 Å². The summed E-state index contributed by atoms with van der Waals surface area (Å²) in [6.07, 6.45) is 4.30. The number of carbonyl (C=O) groups excluding carboxylic acids is 1. The van der Waals surface area contributed by atoms with Crippen LogP contribution in [-0.4, -0.2) is 28.2 Å². The molecule has 0 aliphatic carbocycles. The van der Waals surface area contributed by atoms with Crippen LogP contribution in [0.4, 0.5) is 5.13 Å². The van der Waals surface area contributed by atoms with Crippen molar-refractivity contribution in [1.82, 2.24) is 15.2 Å². The quantitative estimate of drug-likeness (QED) is 0.486. The van der Waals surface area contributed by atoms with Crippen molar-refractivity contribution in [2.24, 2.45) is 0 Å². The Hall–Kier alpha value is -2.52. The fraction of sp³-hybridized carbons (Fsp3) is 0.368. The van der Waals surface area contributed by atoms with Crippen LogP contribution in [0.3, 0.4) is 0 Å². The van der Waals surface area contributed by atoms with Crippen LogP contribution in [0.1, 0.15) is 47.2 Å². The van der Waals surface area contributed by atoms with E-state index in [0.29, 0.717) is 28.8 Å². The summed E-state index contributed by atoms with van der Waals surface area (Å²) < 4.78 is 11.1. The number of anilines is 1. The Morgan fingerprint density at radius 2 is 2.11 bits per heavy atom. The third-order valence-electron chi connectivity index (χ3n) is 3.97. The summed E-state index contributed by atoms with van der Waals surface area (Å²) in [5, 5.41) is 14.3. The Morgan fingerprint density at radius 3 is 2.86 bits per heavy atom. The molecule has 0 bridgehead atoms. The Bertz CT molecular complexity index is 896. The van der Waals surface area contributed by atoms with Crippen LogP contribution in [0.25, 0.3) is 0 Å². The molecule has 1 N–H and O–H groups in total. The summed E-state index contributed by atoms with van der Waals surface area (Å²) >= 11 is 2.92. The lowest BCUT2D eigenvalue weighted by Crippen LogP contribution is -2.12. The van der Waals surface area contributed by atoms with Gasteiger partial charge in [0.15, 0.2) is 11.5 Å². The van der Waals surface area contributed by atoms with E-state index >= 15 is 0 Å². The van der Waals surface area contributed by atoms with Gasteiger partial charge < -0.3 is 9.47 Å². The van der Waals surface area contributed by atoms with Crippen molar-refractivity contribution in [3.05, 3.63) is 45.4 Å². The first-order chi connectivity index (χ1) is 13.7. The van der Waals surface area contributed by atoms with Crippen molar-refractivity contribution in [3.8, 4) is 11.5 Å². The summed E-state index contributed by atoms with van der Waals surface area (Å²) in [6, 6.07) is 5.06. The summed E-state index contributed by atoms with van der Waals surface area (Å²) in [5.41, 5.74) is 3.06. The molecule has 7 nitrogen and oxygen atoms in total. The number of ether oxygens (including phenoxy) is 2. The first-order valence-electron chi connectivity index (χ1n) is 9.01. The molecular weight excluding hydrogens is 396 g/mol. The minimum absolute atomic E-state index is 0.263. The fourth-order valence-corrected chi connectivity index (χ4v) is 3.81. The minimum Gasteiger partial charge on any atom is -0.493 e. The van der Waals surface area contributed by atoms with E-state index in [9.17, 15) is 4.79 Å². The third kappa shape index (κ3) is 5.49. The molecule has 0 aliphatic rings. The molecule has 0 radical (unpaired) electrons. The zero-order valence-electron chi connectivity index (χ0n) is 15.8. The lowest BCUT2D eigenvalue weighted by Gasteiger charge is -2.11. The first kappa shape index (κ1) is 20.2. The van der Waals surface area contributed by atoms with E-state index in [-0.39, 0.29) is 5.91 Å². The van der Waals surface area contributed by atoms with Crippen LogP contribution >= 0.6 is 22.7 Å². The Balaban J connectivity index is 1.61. The van der Waals surface area contributed by atoms with Gasteiger partial charge in [-0.2, -0.15) is 0 Å². The number of aryl methyl sites for hydroxylation is 1. The minimum atomic E-state index is -0.263. The standard InChI is InChI=1S/C19H22N4O3S2/c1-3-4-5-6-17-22-23-19(28-17)21-18(24)13-7-8-15(16(9-13)25-2)26-10-14-11-27-12-20-14/h7-9,11-12H,3-6,10H2,1-2H3,(H,21,23,24). The Kier molecular flexibility index (Phi) is 7.32. The van der Waals surface area contributed by atoms with Gasteiger partial charge in [0, 0.05) is 17.4 Å². The summed E-state index contributed by atoms with van der Waals surface area (Å²) in [6.45, 7) is 2.51. The smallest absolute Gasteiger partial charge is 0.257 e. The number of hydrogen-bond donors (Lipinski definition) is 1. The summed E-state index contributed by atoms with van der Waals surface area (Å²) in [4.78, 5) is 16.7. The molecule has 0 spiro atoms. The topological polar surface area (TPSA) is 86.2 Å². The molecule has 3 aromatic rings. The zero-order valence-corrected chi connectivity index (χ0v) is 17.4. The Labute approximate surface area is 171 Å². The van der Waals surface area contributed by atoms with Crippen LogP contribution in [0.5, 0.6) is 11.5 Å². The highest BCUT2D eigenvalue weighted by molar-refractivity contribution is 7.15. The van der Waals surface area contributed by atoms with Gasteiger partial charge in [-0.3, -0.25) is 10.1 Å². The number of carbonyl (C=O) groups is 1. The van der Waals surface area contributed by atoms with E-state index in [4.69, 9.17) is 9.47 Å². The molecule has 0 saturated heterocycles. The van der Waals surface area contributed by atoms with Gasteiger partial charge in [0.2, 0.25) is 5.13 Å². The number of aromatic nitrogens is 3. The van der Waals surface area contributed by atoms with Crippen molar-refractivity contribution in [1.29, 1.82) is 0 Å². The predicted molar refractivity (Wildman–Crippen MR) is 111 cm³/mol. The first-order valence-corrected chi connectivity index (χ1v) is 10.8. The van der Waals surface area contributed by atoms with E-state index in [1.807, 2.05) is 5.38 Å². The van der Waals surface area contributed by atoms with Crippen molar-refractivity contribution in [3.63, 3.8) is 0 Å². The predicted octanol–water partition coefficient (Wildman–Crippen LogP) is 4.57. The maximum Gasteiger partial charge on any atom is 0.257 e. The SMILES string of the molecule is CCCCCc1nnc(NC(=O)c2ccc(OCc3cscn3)c(OC)c2)s1. The largest absolute Gasteiger partial charge is 0.493 e. The Morgan fingerprint density at radius 1 is 1.21 bits per heavy atom. The molecule has 0 fully saturated rings. The second-order valence-corrected chi connectivity index (χ2v) is 7.83. The second kappa shape index (κ2) is 10.1. The van der Waals surface area contributed by atoms with Crippen LogP contribution < -0.4 is 14.8 Å². The molecule has 0 unspecified atom stereocenters. The highest BCUT2D eigenvalue weighted by Gasteiger charge is 2.14. The number of rotatable bonds is 10. The van der Waals surface area contributed by atoms with Crippen LogP contribution in [0.2, 0.25) is 0 Å². The van der Waals surface area contributed by atoms with E-state index in [1.54, 1.807) is 30.8 Å². The average Bonchev–Trinajstić information content (AvgIpc) is 3.38.